The zero-order chi connectivity index (χ0) is 15.2. The van der Waals surface area contributed by atoms with Crippen LogP contribution in [0.25, 0.3) is 0 Å². The summed E-state index contributed by atoms with van der Waals surface area (Å²) in [5, 5.41) is 3.48. The first-order valence-corrected chi connectivity index (χ1v) is 8.66. The summed E-state index contributed by atoms with van der Waals surface area (Å²) in [4.78, 5) is 0. The molecule has 0 spiro atoms. The number of hydrogen-bond acceptors (Lipinski definition) is 2. The highest BCUT2D eigenvalue weighted by molar-refractivity contribution is 9.10. The van der Waals surface area contributed by atoms with E-state index in [0.29, 0.717) is 0 Å². The van der Waals surface area contributed by atoms with Gasteiger partial charge in [-0.05, 0) is 62.0 Å². The van der Waals surface area contributed by atoms with Crippen LogP contribution >= 0.6 is 15.9 Å². The molecule has 0 aliphatic carbocycles. The lowest BCUT2D eigenvalue weighted by molar-refractivity contribution is 0.354. The molecule has 0 fully saturated rings. The van der Waals surface area contributed by atoms with Gasteiger partial charge in [-0.1, -0.05) is 41.4 Å². The molecule has 1 aliphatic rings. The molecule has 0 amide bonds. The van der Waals surface area contributed by atoms with E-state index in [1.807, 2.05) is 0 Å². The van der Waals surface area contributed by atoms with Crippen molar-refractivity contribution in [2.45, 2.75) is 40.0 Å². The number of nitrogens with one attached hydrogen (secondary N) is 1. The average molecular weight is 352 g/mol. The number of ether oxygens (including phenoxy) is 1. The van der Waals surface area contributed by atoms with Gasteiger partial charge in [-0.15, -0.1) is 0 Å². The number of rotatable bonds is 7. The molecule has 2 rings (SSSR count). The molecular formula is C18H26BrNO. The summed E-state index contributed by atoms with van der Waals surface area (Å²) in [6, 6.07) is 4.37. The minimum Gasteiger partial charge on any atom is -0.493 e. The third kappa shape index (κ3) is 5.15. The molecule has 0 unspecified atom stereocenters. The summed E-state index contributed by atoms with van der Waals surface area (Å²) in [6.45, 7) is 9.66. The van der Waals surface area contributed by atoms with Gasteiger partial charge in [0.2, 0.25) is 0 Å². The van der Waals surface area contributed by atoms with Crippen LogP contribution < -0.4 is 10.1 Å². The molecule has 1 heterocycles. The van der Waals surface area contributed by atoms with E-state index >= 15 is 0 Å². The predicted molar refractivity (Wildman–Crippen MR) is 93.1 cm³/mol. The van der Waals surface area contributed by atoms with Gasteiger partial charge in [-0.25, -0.2) is 0 Å². The van der Waals surface area contributed by atoms with Gasteiger partial charge in [0, 0.05) is 10.9 Å². The van der Waals surface area contributed by atoms with Crippen LogP contribution in [-0.4, -0.2) is 19.7 Å². The Kier molecular flexibility index (Phi) is 6.31. The molecule has 0 aromatic heterocycles. The minimum absolute atomic E-state index is 0.719. The molecule has 1 aromatic carbocycles. The normalized spacial score (nSPS) is 14.4. The van der Waals surface area contributed by atoms with Crippen LogP contribution in [-0.2, 0) is 12.8 Å². The zero-order valence-electron chi connectivity index (χ0n) is 13.3. The van der Waals surface area contributed by atoms with Crippen LogP contribution in [0.2, 0.25) is 0 Å². The molecule has 1 aliphatic heterocycles. The van der Waals surface area contributed by atoms with E-state index in [2.05, 4.69) is 60.2 Å². The Morgan fingerprint density at radius 1 is 1.43 bits per heavy atom. The van der Waals surface area contributed by atoms with Crippen molar-refractivity contribution in [3.8, 4) is 5.75 Å². The van der Waals surface area contributed by atoms with Crippen LogP contribution in [0, 0.1) is 5.92 Å². The van der Waals surface area contributed by atoms with Crippen molar-refractivity contribution in [3.05, 3.63) is 39.4 Å². The molecule has 0 radical (unpaired) electrons. The molecule has 1 aromatic rings. The molecule has 3 heteroatoms. The summed E-state index contributed by atoms with van der Waals surface area (Å²) < 4.78 is 6.95. The van der Waals surface area contributed by atoms with Crippen molar-refractivity contribution in [1.29, 1.82) is 0 Å². The number of benzene rings is 1. The number of hydrogen-bond donors (Lipinski definition) is 1. The summed E-state index contributed by atoms with van der Waals surface area (Å²) >= 11 is 3.61. The van der Waals surface area contributed by atoms with Gasteiger partial charge in [-0.2, -0.15) is 0 Å². The van der Waals surface area contributed by atoms with Crippen molar-refractivity contribution < 1.29 is 4.74 Å². The summed E-state index contributed by atoms with van der Waals surface area (Å²) in [7, 11) is 0. The first-order valence-electron chi connectivity index (χ1n) is 7.86. The van der Waals surface area contributed by atoms with E-state index < -0.39 is 0 Å². The summed E-state index contributed by atoms with van der Waals surface area (Å²) in [5.74, 6) is 1.83. The first-order chi connectivity index (χ1) is 10.1. The maximum absolute atomic E-state index is 5.79. The lowest BCUT2D eigenvalue weighted by Crippen LogP contribution is -2.20. The lowest BCUT2D eigenvalue weighted by atomic mass is 10.0. The largest absolute Gasteiger partial charge is 0.493 e. The molecule has 116 valence electrons. The highest BCUT2D eigenvalue weighted by Crippen LogP contribution is 2.34. The van der Waals surface area contributed by atoms with Crippen LogP contribution in [0.3, 0.4) is 0 Å². The highest BCUT2D eigenvalue weighted by atomic mass is 79.9. The number of halogens is 1. The first kappa shape index (κ1) is 16.6. The van der Waals surface area contributed by atoms with Gasteiger partial charge < -0.3 is 10.1 Å². The second kappa shape index (κ2) is 8.00. The SMILES string of the molecule is C/C(=C/CCNCC(C)C)Cc1cc(Br)cc2c1OCC2. The fraction of sp³-hybridized carbons (Fsp3) is 0.556. The van der Waals surface area contributed by atoms with E-state index in [1.165, 1.54) is 16.7 Å². The van der Waals surface area contributed by atoms with Crippen molar-refractivity contribution in [2.24, 2.45) is 5.92 Å². The fourth-order valence-electron chi connectivity index (χ4n) is 2.66. The highest BCUT2D eigenvalue weighted by Gasteiger charge is 2.17. The van der Waals surface area contributed by atoms with Crippen molar-refractivity contribution in [2.75, 3.05) is 19.7 Å². The van der Waals surface area contributed by atoms with Gasteiger partial charge in [0.1, 0.15) is 5.75 Å². The Morgan fingerprint density at radius 2 is 2.24 bits per heavy atom. The van der Waals surface area contributed by atoms with Crippen LogP contribution in [0.1, 0.15) is 38.3 Å². The van der Waals surface area contributed by atoms with E-state index in [0.717, 1.165) is 55.1 Å². The Hall–Kier alpha value is -0.800. The molecule has 0 saturated carbocycles. The number of allylic oxidation sites excluding steroid dienone is 1. The van der Waals surface area contributed by atoms with Crippen molar-refractivity contribution >= 4 is 15.9 Å². The van der Waals surface area contributed by atoms with E-state index in [9.17, 15) is 0 Å². The molecule has 21 heavy (non-hydrogen) atoms. The molecule has 0 atom stereocenters. The molecule has 1 N–H and O–H groups in total. The quantitative estimate of drug-likeness (QED) is 0.576. The molecular weight excluding hydrogens is 326 g/mol. The van der Waals surface area contributed by atoms with E-state index in [4.69, 9.17) is 4.74 Å². The Labute approximate surface area is 137 Å². The molecule has 2 nitrogen and oxygen atoms in total. The summed E-state index contributed by atoms with van der Waals surface area (Å²) in [6.07, 6.45) is 5.45. The van der Waals surface area contributed by atoms with Crippen LogP contribution in [0.15, 0.2) is 28.3 Å². The minimum atomic E-state index is 0.719. The van der Waals surface area contributed by atoms with Gasteiger partial charge in [-0.3, -0.25) is 0 Å². The standard InChI is InChI=1S/C18H26BrNO/c1-13(2)12-20-7-4-5-14(3)9-16-11-17(19)10-15-6-8-21-18(15)16/h5,10-11,13,20H,4,6-9,12H2,1-3H3/b14-5-. The van der Waals surface area contributed by atoms with E-state index in [-0.39, 0.29) is 0 Å². The Balaban J connectivity index is 1.89. The monoisotopic (exact) mass is 351 g/mol. The second-order valence-electron chi connectivity index (χ2n) is 6.27. The average Bonchev–Trinajstić information content (AvgIpc) is 2.86. The Morgan fingerprint density at radius 3 is 3.00 bits per heavy atom. The maximum atomic E-state index is 5.79. The number of fused-ring (bicyclic) bond motifs is 1. The topological polar surface area (TPSA) is 21.3 Å². The van der Waals surface area contributed by atoms with Crippen molar-refractivity contribution in [3.63, 3.8) is 0 Å². The molecule has 0 saturated heterocycles. The smallest absolute Gasteiger partial charge is 0.126 e. The van der Waals surface area contributed by atoms with Crippen molar-refractivity contribution in [1.82, 2.24) is 5.32 Å². The third-order valence-corrected chi connectivity index (χ3v) is 4.12. The molecule has 0 bridgehead atoms. The van der Waals surface area contributed by atoms with Gasteiger partial charge >= 0.3 is 0 Å². The van der Waals surface area contributed by atoms with Crippen LogP contribution in [0.4, 0.5) is 0 Å². The predicted octanol–water partition coefficient (Wildman–Crippen LogP) is 4.51. The second-order valence-corrected chi connectivity index (χ2v) is 7.18. The maximum Gasteiger partial charge on any atom is 0.126 e. The Bertz CT molecular complexity index is 508. The van der Waals surface area contributed by atoms with Crippen LogP contribution in [0.5, 0.6) is 5.75 Å². The van der Waals surface area contributed by atoms with Gasteiger partial charge in [0.25, 0.3) is 0 Å². The summed E-state index contributed by atoms with van der Waals surface area (Å²) in [5.41, 5.74) is 4.06. The third-order valence-electron chi connectivity index (χ3n) is 3.66. The van der Waals surface area contributed by atoms with Gasteiger partial charge in [0.05, 0.1) is 6.61 Å². The zero-order valence-corrected chi connectivity index (χ0v) is 14.9. The van der Waals surface area contributed by atoms with Gasteiger partial charge in [0.15, 0.2) is 0 Å². The van der Waals surface area contributed by atoms with E-state index in [1.54, 1.807) is 0 Å². The lowest BCUT2D eigenvalue weighted by Gasteiger charge is -2.10. The fourth-order valence-corrected chi connectivity index (χ4v) is 3.21.